The third-order valence-electron chi connectivity index (χ3n) is 4.38. The Kier molecular flexibility index (Phi) is 13.1. The molecule has 26 heavy (non-hydrogen) atoms. The van der Waals surface area contributed by atoms with Crippen molar-refractivity contribution in [2.45, 2.75) is 40.0 Å². The van der Waals surface area contributed by atoms with E-state index in [2.05, 4.69) is 36.5 Å². The van der Waals surface area contributed by atoms with E-state index in [1.54, 1.807) is 0 Å². The molecule has 0 aliphatic heterocycles. The summed E-state index contributed by atoms with van der Waals surface area (Å²) in [6.45, 7) is 11.6. The third kappa shape index (κ3) is 8.38. The van der Waals surface area contributed by atoms with E-state index < -0.39 is 0 Å². The first-order valence-corrected chi connectivity index (χ1v) is 9.35. The van der Waals surface area contributed by atoms with Crippen LogP contribution in [0.25, 0.3) is 0 Å². The fraction of sp³-hybridized carbons (Fsp3) is 0.600. The summed E-state index contributed by atoms with van der Waals surface area (Å²) < 4.78 is 0. The van der Waals surface area contributed by atoms with Gasteiger partial charge in [0, 0.05) is 33.2 Å². The molecule has 1 amide bonds. The first-order chi connectivity index (χ1) is 12.0. The zero-order valence-corrected chi connectivity index (χ0v) is 19.2. The minimum Gasteiger partial charge on any atom is -0.357 e. The second-order valence-corrected chi connectivity index (χ2v) is 6.26. The molecule has 0 radical (unpaired) electrons. The van der Waals surface area contributed by atoms with Crippen molar-refractivity contribution in [3.8, 4) is 0 Å². The summed E-state index contributed by atoms with van der Waals surface area (Å²) in [5.41, 5.74) is 1.34. The van der Waals surface area contributed by atoms with E-state index in [0.717, 1.165) is 38.6 Å². The molecule has 148 valence electrons. The smallest absolute Gasteiger partial charge is 0.242 e. The Hall–Kier alpha value is -1.31. The number of likely N-dealkylation sites (N-methyl/N-ethyl adjacent to an activating group) is 2. The number of nitrogens with zero attached hydrogens (tertiary/aromatic N) is 3. The largest absolute Gasteiger partial charge is 0.357 e. The van der Waals surface area contributed by atoms with Crippen LogP contribution in [0.3, 0.4) is 0 Å². The average Bonchev–Trinajstić information content (AvgIpc) is 2.62. The maximum atomic E-state index is 12.3. The summed E-state index contributed by atoms with van der Waals surface area (Å²) in [4.78, 5) is 20.8. The molecule has 0 saturated carbocycles. The lowest BCUT2D eigenvalue weighted by atomic mass is 9.98. The van der Waals surface area contributed by atoms with E-state index in [1.807, 2.05) is 43.7 Å². The summed E-state index contributed by atoms with van der Waals surface area (Å²) in [7, 11) is 1.92. The van der Waals surface area contributed by atoms with Crippen molar-refractivity contribution in [1.29, 1.82) is 0 Å². The summed E-state index contributed by atoms with van der Waals surface area (Å²) in [5, 5.41) is 3.28. The Morgan fingerprint density at radius 1 is 1.15 bits per heavy atom. The van der Waals surface area contributed by atoms with Gasteiger partial charge in [-0.05, 0) is 38.7 Å². The summed E-state index contributed by atoms with van der Waals surface area (Å²) in [6.07, 6.45) is 0.983. The standard InChI is InChI=1S/C20H34N4O.HI/c1-6-21-20(23(5)16-19(25)24(7-2)8-3)22-15-14-17(4)18-12-10-9-11-13-18;/h9-13,17H,6-8,14-16H2,1-5H3,(H,21,22);1H. The molecule has 1 aromatic carbocycles. The van der Waals surface area contributed by atoms with Crippen molar-refractivity contribution in [3.05, 3.63) is 35.9 Å². The number of amides is 1. The summed E-state index contributed by atoms with van der Waals surface area (Å²) in [6, 6.07) is 10.5. The molecule has 0 heterocycles. The van der Waals surface area contributed by atoms with Crippen LogP contribution in [-0.2, 0) is 4.79 Å². The van der Waals surface area contributed by atoms with E-state index >= 15 is 0 Å². The lowest BCUT2D eigenvalue weighted by Crippen LogP contribution is -2.45. The van der Waals surface area contributed by atoms with Crippen molar-refractivity contribution in [1.82, 2.24) is 15.1 Å². The van der Waals surface area contributed by atoms with Crippen LogP contribution in [0.15, 0.2) is 35.3 Å². The number of benzene rings is 1. The van der Waals surface area contributed by atoms with E-state index in [-0.39, 0.29) is 29.9 Å². The van der Waals surface area contributed by atoms with Gasteiger partial charge >= 0.3 is 0 Å². The maximum Gasteiger partial charge on any atom is 0.242 e. The van der Waals surface area contributed by atoms with E-state index in [0.29, 0.717) is 12.5 Å². The first kappa shape index (κ1) is 24.7. The molecule has 0 bridgehead atoms. The number of guanidine groups is 1. The van der Waals surface area contributed by atoms with Crippen LogP contribution in [0.2, 0.25) is 0 Å². The van der Waals surface area contributed by atoms with Crippen LogP contribution < -0.4 is 5.32 Å². The molecule has 0 fully saturated rings. The first-order valence-electron chi connectivity index (χ1n) is 9.35. The van der Waals surface area contributed by atoms with Gasteiger partial charge in [0.05, 0.1) is 6.54 Å². The van der Waals surface area contributed by atoms with Gasteiger partial charge in [-0.2, -0.15) is 0 Å². The molecule has 5 nitrogen and oxygen atoms in total. The van der Waals surface area contributed by atoms with Gasteiger partial charge in [0.1, 0.15) is 0 Å². The van der Waals surface area contributed by atoms with Crippen LogP contribution in [0, 0.1) is 0 Å². The second kappa shape index (κ2) is 13.8. The van der Waals surface area contributed by atoms with Crippen LogP contribution in [-0.4, -0.2) is 61.4 Å². The van der Waals surface area contributed by atoms with Crippen molar-refractivity contribution < 1.29 is 4.79 Å². The number of hydrogen-bond donors (Lipinski definition) is 1. The van der Waals surface area contributed by atoms with Gasteiger partial charge in [0.25, 0.3) is 0 Å². The van der Waals surface area contributed by atoms with Crippen LogP contribution >= 0.6 is 24.0 Å². The fourth-order valence-corrected chi connectivity index (χ4v) is 2.74. The van der Waals surface area contributed by atoms with Gasteiger partial charge < -0.3 is 15.1 Å². The monoisotopic (exact) mass is 474 g/mol. The Morgan fingerprint density at radius 2 is 1.77 bits per heavy atom. The minimum absolute atomic E-state index is 0. The highest BCUT2D eigenvalue weighted by Gasteiger charge is 2.15. The number of hydrogen-bond acceptors (Lipinski definition) is 2. The quantitative estimate of drug-likeness (QED) is 0.338. The van der Waals surface area contributed by atoms with Gasteiger partial charge in [0.2, 0.25) is 5.91 Å². The Bertz CT molecular complexity index is 532. The zero-order valence-electron chi connectivity index (χ0n) is 16.9. The number of rotatable bonds is 9. The Labute approximate surface area is 176 Å². The molecule has 6 heteroatoms. The lowest BCUT2D eigenvalue weighted by Gasteiger charge is -2.25. The molecule has 1 N–H and O–H groups in total. The molecule has 1 unspecified atom stereocenters. The highest BCUT2D eigenvalue weighted by atomic mass is 127. The average molecular weight is 474 g/mol. The molecule has 0 aliphatic carbocycles. The molecule has 0 spiro atoms. The number of aliphatic imine (C=N–C) groups is 1. The Balaban J connectivity index is 0.00000625. The van der Waals surface area contributed by atoms with Crippen LogP contribution in [0.4, 0.5) is 0 Å². The van der Waals surface area contributed by atoms with Gasteiger partial charge in [-0.1, -0.05) is 37.3 Å². The highest BCUT2D eigenvalue weighted by Crippen LogP contribution is 2.18. The minimum atomic E-state index is 0. The van der Waals surface area contributed by atoms with E-state index in [4.69, 9.17) is 4.99 Å². The normalized spacial score (nSPS) is 12.1. The van der Waals surface area contributed by atoms with Crippen molar-refractivity contribution in [2.75, 3.05) is 39.8 Å². The van der Waals surface area contributed by atoms with Gasteiger partial charge in [-0.15, -0.1) is 24.0 Å². The molecule has 1 rings (SSSR count). The van der Waals surface area contributed by atoms with Crippen molar-refractivity contribution in [2.24, 2.45) is 4.99 Å². The fourth-order valence-electron chi connectivity index (χ4n) is 2.74. The molecular formula is C20H35IN4O. The molecule has 1 aromatic rings. The second-order valence-electron chi connectivity index (χ2n) is 6.26. The topological polar surface area (TPSA) is 47.9 Å². The van der Waals surface area contributed by atoms with Gasteiger partial charge in [-0.25, -0.2) is 0 Å². The van der Waals surface area contributed by atoms with Crippen LogP contribution in [0.1, 0.15) is 45.6 Å². The van der Waals surface area contributed by atoms with Crippen LogP contribution in [0.5, 0.6) is 0 Å². The van der Waals surface area contributed by atoms with E-state index in [9.17, 15) is 4.79 Å². The number of carbonyl (C=O) groups excluding carboxylic acids is 1. The molecular weight excluding hydrogens is 439 g/mol. The summed E-state index contributed by atoms with van der Waals surface area (Å²) >= 11 is 0. The molecule has 1 atom stereocenters. The Morgan fingerprint density at radius 3 is 2.31 bits per heavy atom. The molecule has 0 aliphatic rings. The maximum absolute atomic E-state index is 12.3. The zero-order chi connectivity index (χ0) is 18.7. The van der Waals surface area contributed by atoms with Gasteiger partial charge in [-0.3, -0.25) is 9.79 Å². The third-order valence-corrected chi connectivity index (χ3v) is 4.38. The van der Waals surface area contributed by atoms with Crippen molar-refractivity contribution in [3.63, 3.8) is 0 Å². The summed E-state index contributed by atoms with van der Waals surface area (Å²) in [5.74, 6) is 1.40. The lowest BCUT2D eigenvalue weighted by molar-refractivity contribution is -0.131. The van der Waals surface area contributed by atoms with E-state index in [1.165, 1.54) is 5.56 Å². The molecule has 0 saturated heterocycles. The number of carbonyl (C=O) groups is 1. The van der Waals surface area contributed by atoms with Crippen molar-refractivity contribution >= 4 is 35.8 Å². The van der Waals surface area contributed by atoms with Gasteiger partial charge in [0.15, 0.2) is 5.96 Å². The highest BCUT2D eigenvalue weighted by molar-refractivity contribution is 14.0. The SMILES string of the molecule is CCNC(=NCCC(C)c1ccccc1)N(C)CC(=O)N(CC)CC.I. The number of halogens is 1. The predicted molar refractivity (Wildman–Crippen MR) is 121 cm³/mol. The number of nitrogens with one attached hydrogen (secondary N) is 1. The molecule has 0 aromatic heterocycles. The predicted octanol–water partition coefficient (Wildman–Crippen LogP) is 3.56.